The van der Waals surface area contributed by atoms with Crippen molar-refractivity contribution >= 4 is 28.5 Å². The average Bonchev–Trinajstić information content (AvgIpc) is 3.04. The highest BCUT2D eigenvalue weighted by atomic mass is 16.2. The molecule has 0 spiro atoms. The first-order valence-electron chi connectivity index (χ1n) is 7.65. The van der Waals surface area contributed by atoms with Gasteiger partial charge in [-0.05, 0) is 38.0 Å². The fourth-order valence-corrected chi connectivity index (χ4v) is 2.87. The summed E-state index contributed by atoms with van der Waals surface area (Å²) in [6.45, 7) is 5.06. The molecule has 0 saturated carbocycles. The maximum atomic E-state index is 12.1. The molecule has 116 valence electrons. The number of hydrogen-bond donors (Lipinski definition) is 2. The summed E-state index contributed by atoms with van der Waals surface area (Å²) in [6.07, 6.45) is 2.01. The monoisotopic (exact) mass is 300 g/mol. The van der Waals surface area contributed by atoms with Crippen molar-refractivity contribution in [1.82, 2.24) is 14.9 Å². The molecule has 2 aromatic rings. The molecule has 1 aliphatic rings. The molecule has 22 heavy (non-hydrogen) atoms. The number of aromatic nitrogens is 2. The first-order chi connectivity index (χ1) is 10.6. The SMILES string of the molecule is CCCn1c(C)nc2cc(NC(=O)C3CCC(=O)N3)ccc21. The molecule has 0 aliphatic carbocycles. The number of rotatable bonds is 4. The highest BCUT2D eigenvalue weighted by molar-refractivity contribution is 6.00. The molecule has 1 saturated heterocycles. The average molecular weight is 300 g/mol. The number of nitrogens with one attached hydrogen (secondary N) is 2. The number of benzene rings is 1. The van der Waals surface area contributed by atoms with Gasteiger partial charge in [0.15, 0.2) is 0 Å². The zero-order valence-corrected chi connectivity index (χ0v) is 12.8. The van der Waals surface area contributed by atoms with Crippen LogP contribution in [0.1, 0.15) is 32.0 Å². The third kappa shape index (κ3) is 2.68. The molecule has 1 atom stereocenters. The molecule has 6 nitrogen and oxygen atoms in total. The number of amides is 2. The van der Waals surface area contributed by atoms with E-state index in [-0.39, 0.29) is 11.8 Å². The highest BCUT2D eigenvalue weighted by Crippen LogP contribution is 2.21. The zero-order valence-electron chi connectivity index (χ0n) is 12.8. The Morgan fingerprint density at radius 2 is 2.32 bits per heavy atom. The van der Waals surface area contributed by atoms with E-state index in [0.29, 0.717) is 18.5 Å². The highest BCUT2D eigenvalue weighted by Gasteiger charge is 2.27. The largest absolute Gasteiger partial charge is 0.344 e. The van der Waals surface area contributed by atoms with Crippen molar-refractivity contribution in [2.24, 2.45) is 0 Å². The first kappa shape index (κ1) is 14.6. The lowest BCUT2D eigenvalue weighted by Crippen LogP contribution is -2.37. The Hall–Kier alpha value is -2.37. The number of nitrogens with zero attached hydrogens (tertiary/aromatic N) is 2. The second-order valence-electron chi connectivity index (χ2n) is 5.66. The van der Waals surface area contributed by atoms with Crippen molar-refractivity contribution in [3.8, 4) is 0 Å². The fourth-order valence-electron chi connectivity index (χ4n) is 2.87. The van der Waals surface area contributed by atoms with Gasteiger partial charge >= 0.3 is 0 Å². The number of hydrogen-bond acceptors (Lipinski definition) is 3. The fraction of sp³-hybridized carbons (Fsp3) is 0.438. The summed E-state index contributed by atoms with van der Waals surface area (Å²) in [5.41, 5.74) is 2.66. The van der Waals surface area contributed by atoms with Gasteiger partial charge in [0.2, 0.25) is 11.8 Å². The summed E-state index contributed by atoms with van der Waals surface area (Å²) in [6, 6.07) is 5.31. The van der Waals surface area contributed by atoms with E-state index in [0.717, 1.165) is 29.8 Å². The number of carbonyl (C=O) groups is 2. The number of aryl methyl sites for hydroxylation is 2. The van der Waals surface area contributed by atoms with Crippen LogP contribution in [0.15, 0.2) is 18.2 Å². The van der Waals surface area contributed by atoms with E-state index in [4.69, 9.17) is 0 Å². The summed E-state index contributed by atoms with van der Waals surface area (Å²) in [5, 5.41) is 5.52. The van der Waals surface area contributed by atoms with Gasteiger partial charge in [0.05, 0.1) is 11.0 Å². The third-order valence-corrected chi connectivity index (χ3v) is 3.97. The third-order valence-electron chi connectivity index (χ3n) is 3.97. The standard InChI is InChI=1S/C16H20N4O2/c1-3-8-20-10(2)17-13-9-11(4-6-14(13)20)18-16(22)12-5-7-15(21)19-12/h4,6,9,12H,3,5,7-8H2,1-2H3,(H,18,22)(H,19,21). The molecule has 2 amide bonds. The van der Waals surface area contributed by atoms with E-state index >= 15 is 0 Å². The van der Waals surface area contributed by atoms with Crippen LogP contribution in [0.5, 0.6) is 0 Å². The zero-order chi connectivity index (χ0) is 15.7. The molecule has 2 heterocycles. The number of imidazole rings is 1. The minimum Gasteiger partial charge on any atom is -0.344 e. The predicted molar refractivity (Wildman–Crippen MR) is 84.6 cm³/mol. The maximum Gasteiger partial charge on any atom is 0.246 e. The Morgan fingerprint density at radius 1 is 1.50 bits per heavy atom. The van der Waals surface area contributed by atoms with E-state index in [9.17, 15) is 9.59 Å². The molecule has 1 unspecified atom stereocenters. The van der Waals surface area contributed by atoms with Crippen molar-refractivity contribution in [3.05, 3.63) is 24.0 Å². The Morgan fingerprint density at radius 3 is 3.00 bits per heavy atom. The number of fused-ring (bicyclic) bond motifs is 1. The van der Waals surface area contributed by atoms with Crippen LogP contribution in [0.4, 0.5) is 5.69 Å². The van der Waals surface area contributed by atoms with Crippen molar-refractivity contribution in [3.63, 3.8) is 0 Å². The van der Waals surface area contributed by atoms with Crippen LogP contribution in [0, 0.1) is 6.92 Å². The summed E-state index contributed by atoms with van der Waals surface area (Å²) in [4.78, 5) is 27.9. The van der Waals surface area contributed by atoms with Gasteiger partial charge in [0.1, 0.15) is 11.9 Å². The molecule has 1 aromatic heterocycles. The summed E-state index contributed by atoms with van der Waals surface area (Å²) >= 11 is 0. The van der Waals surface area contributed by atoms with Gasteiger partial charge in [-0.1, -0.05) is 6.92 Å². The van der Waals surface area contributed by atoms with Gasteiger partial charge in [-0.2, -0.15) is 0 Å². The molecule has 1 aliphatic heterocycles. The molecule has 3 rings (SSSR count). The van der Waals surface area contributed by atoms with Gasteiger partial charge in [0, 0.05) is 18.7 Å². The van der Waals surface area contributed by atoms with Gasteiger partial charge < -0.3 is 15.2 Å². The first-order valence-corrected chi connectivity index (χ1v) is 7.65. The molecular formula is C16H20N4O2. The van der Waals surface area contributed by atoms with Gasteiger partial charge in [0.25, 0.3) is 0 Å². The Kier molecular flexibility index (Phi) is 3.83. The molecular weight excluding hydrogens is 280 g/mol. The molecule has 0 bridgehead atoms. The minimum absolute atomic E-state index is 0.0652. The quantitative estimate of drug-likeness (QED) is 0.906. The van der Waals surface area contributed by atoms with Crippen molar-refractivity contribution in [2.75, 3.05) is 5.32 Å². The van der Waals surface area contributed by atoms with Crippen LogP contribution in [0.25, 0.3) is 11.0 Å². The van der Waals surface area contributed by atoms with E-state index < -0.39 is 6.04 Å². The van der Waals surface area contributed by atoms with Crippen LogP contribution in [-0.4, -0.2) is 27.4 Å². The van der Waals surface area contributed by atoms with E-state index in [1.54, 1.807) is 0 Å². The second-order valence-corrected chi connectivity index (χ2v) is 5.66. The smallest absolute Gasteiger partial charge is 0.246 e. The van der Waals surface area contributed by atoms with E-state index in [1.165, 1.54) is 0 Å². The predicted octanol–water partition coefficient (Wildman–Crippen LogP) is 1.97. The molecule has 0 radical (unpaired) electrons. The summed E-state index contributed by atoms with van der Waals surface area (Å²) in [7, 11) is 0. The van der Waals surface area contributed by atoms with Crippen LogP contribution in [-0.2, 0) is 16.1 Å². The van der Waals surface area contributed by atoms with Gasteiger partial charge in [-0.3, -0.25) is 9.59 Å². The topological polar surface area (TPSA) is 76.0 Å². The van der Waals surface area contributed by atoms with Crippen molar-refractivity contribution in [1.29, 1.82) is 0 Å². The van der Waals surface area contributed by atoms with E-state index in [2.05, 4.69) is 27.1 Å². The molecule has 6 heteroatoms. The van der Waals surface area contributed by atoms with Crippen LogP contribution >= 0.6 is 0 Å². The normalized spacial score (nSPS) is 17.7. The number of carbonyl (C=O) groups excluding carboxylic acids is 2. The van der Waals surface area contributed by atoms with Crippen LogP contribution in [0.2, 0.25) is 0 Å². The lowest BCUT2D eigenvalue weighted by atomic mass is 10.2. The number of anilines is 1. The Balaban J connectivity index is 1.80. The summed E-state index contributed by atoms with van der Waals surface area (Å²) < 4.78 is 2.18. The second kappa shape index (κ2) is 5.79. The van der Waals surface area contributed by atoms with Gasteiger partial charge in [-0.15, -0.1) is 0 Å². The molecule has 2 N–H and O–H groups in total. The van der Waals surface area contributed by atoms with E-state index in [1.807, 2.05) is 25.1 Å². The maximum absolute atomic E-state index is 12.1. The van der Waals surface area contributed by atoms with Crippen molar-refractivity contribution < 1.29 is 9.59 Å². The van der Waals surface area contributed by atoms with Gasteiger partial charge in [-0.25, -0.2) is 4.98 Å². The Labute approximate surface area is 128 Å². The minimum atomic E-state index is -0.428. The van der Waals surface area contributed by atoms with Crippen LogP contribution < -0.4 is 10.6 Å². The lowest BCUT2D eigenvalue weighted by Gasteiger charge is -2.11. The summed E-state index contributed by atoms with van der Waals surface area (Å²) in [5.74, 6) is 0.739. The molecule has 1 aromatic carbocycles. The van der Waals surface area contributed by atoms with Crippen molar-refractivity contribution in [2.45, 2.75) is 45.7 Å². The molecule has 1 fully saturated rings. The Bertz CT molecular complexity index is 735. The lowest BCUT2D eigenvalue weighted by molar-refractivity contribution is -0.122. The van der Waals surface area contributed by atoms with Crippen LogP contribution in [0.3, 0.4) is 0 Å².